The fourth-order valence-electron chi connectivity index (χ4n) is 2.28. The van der Waals surface area contributed by atoms with Crippen LogP contribution < -0.4 is 5.32 Å². The van der Waals surface area contributed by atoms with Crippen LogP contribution in [0.5, 0.6) is 0 Å². The van der Waals surface area contributed by atoms with E-state index in [9.17, 15) is 0 Å². The minimum absolute atomic E-state index is 0.614. The molecule has 2 aromatic carbocycles. The summed E-state index contributed by atoms with van der Waals surface area (Å²) in [6.45, 7) is 0. The molecule has 0 aliphatic carbocycles. The molecular weight excluding hydrogens is 298 g/mol. The van der Waals surface area contributed by atoms with Crippen LogP contribution in [0.4, 0.5) is 11.6 Å². The van der Waals surface area contributed by atoms with Gasteiger partial charge in [0.1, 0.15) is 0 Å². The molecule has 2 aromatic heterocycles. The highest BCUT2D eigenvalue weighted by Crippen LogP contribution is 2.21. The number of imidazole rings is 1. The number of anilines is 2. The van der Waals surface area contributed by atoms with Gasteiger partial charge in [0.25, 0.3) is 5.78 Å². The molecule has 4 rings (SSSR count). The number of halogens is 1. The lowest BCUT2D eigenvalue weighted by Gasteiger charge is -2.01. The molecule has 0 saturated heterocycles. The number of nitrogens with one attached hydrogen (secondary N) is 2. The molecule has 0 spiro atoms. The van der Waals surface area contributed by atoms with Crippen LogP contribution in [0.3, 0.4) is 0 Å². The molecule has 0 aliphatic rings. The van der Waals surface area contributed by atoms with Crippen molar-refractivity contribution >= 4 is 29.0 Å². The summed E-state index contributed by atoms with van der Waals surface area (Å²) < 4.78 is 1.79. The number of nitrogens with zero attached hydrogens (tertiary/aromatic N) is 3. The molecule has 0 bridgehead atoms. The van der Waals surface area contributed by atoms with Crippen LogP contribution in [0.2, 0.25) is 5.02 Å². The molecule has 0 fully saturated rings. The highest BCUT2D eigenvalue weighted by atomic mass is 35.5. The van der Waals surface area contributed by atoms with Gasteiger partial charge in [0.15, 0.2) is 0 Å². The molecule has 2 heterocycles. The van der Waals surface area contributed by atoms with Crippen molar-refractivity contribution in [3.05, 3.63) is 65.8 Å². The highest BCUT2D eigenvalue weighted by Gasteiger charge is 2.08. The van der Waals surface area contributed by atoms with Crippen molar-refractivity contribution in [1.82, 2.24) is 19.6 Å². The summed E-state index contributed by atoms with van der Waals surface area (Å²) in [7, 11) is 0. The number of H-pyrrole nitrogens is 1. The molecule has 0 atom stereocenters. The number of fused-ring (bicyclic) bond motifs is 1. The minimum atomic E-state index is 0.614. The predicted octanol–water partition coefficient (Wildman–Crippen LogP) is 4.12. The second kappa shape index (κ2) is 5.20. The van der Waals surface area contributed by atoms with Gasteiger partial charge in [0.05, 0.1) is 11.9 Å². The molecule has 5 nitrogen and oxygen atoms in total. The standard InChI is InChI=1S/C16H12ClN5/c17-12-7-4-8-13(9-12)18-15-20-16-19-14(10-22(16)21-15)11-5-2-1-3-6-11/h1-10H,(H2,18,19,20,21). The second-order valence-electron chi connectivity index (χ2n) is 4.87. The zero-order valence-corrected chi connectivity index (χ0v) is 12.2. The van der Waals surface area contributed by atoms with Crippen molar-refractivity contribution in [3.63, 3.8) is 0 Å². The third kappa shape index (κ3) is 2.42. The number of benzene rings is 2. The van der Waals surface area contributed by atoms with Gasteiger partial charge in [-0.25, -0.2) is 9.50 Å². The molecule has 0 amide bonds. The van der Waals surface area contributed by atoms with Gasteiger partial charge in [-0.15, -0.1) is 0 Å². The molecular formula is C16H12ClN5. The van der Waals surface area contributed by atoms with E-state index < -0.39 is 0 Å². The largest absolute Gasteiger partial charge is 0.324 e. The number of hydrogen-bond acceptors (Lipinski definition) is 3. The van der Waals surface area contributed by atoms with Crippen LogP contribution in [0.25, 0.3) is 17.0 Å². The van der Waals surface area contributed by atoms with E-state index >= 15 is 0 Å². The summed E-state index contributed by atoms with van der Waals surface area (Å²) in [6, 6.07) is 17.5. The number of hydrogen-bond donors (Lipinski definition) is 2. The van der Waals surface area contributed by atoms with Gasteiger partial charge in [-0.3, -0.25) is 5.10 Å². The molecule has 0 radical (unpaired) electrons. The Morgan fingerprint density at radius 1 is 1.00 bits per heavy atom. The maximum Gasteiger partial charge on any atom is 0.252 e. The van der Waals surface area contributed by atoms with E-state index in [1.165, 1.54) is 0 Å². The lowest BCUT2D eigenvalue weighted by molar-refractivity contribution is 0.978. The first-order chi connectivity index (χ1) is 10.8. The van der Waals surface area contributed by atoms with Gasteiger partial charge < -0.3 is 5.32 Å². The monoisotopic (exact) mass is 309 g/mol. The lowest BCUT2D eigenvalue weighted by atomic mass is 10.2. The molecule has 22 heavy (non-hydrogen) atoms. The topological polar surface area (TPSA) is 58.0 Å². The smallest absolute Gasteiger partial charge is 0.252 e. The van der Waals surface area contributed by atoms with Crippen molar-refractivity contribution in [2.75, 3.05) is 5.32 Å². The first-order valence-electron chi connectivity index (χ1n) is 6.81. The van der Waals surface area contributed by atoms with E-state index in [4.69, 9.17) is 11.6 Å². The van der Waals surface area contributed by atoms with Crippen LogP contribution in [0.15, 0.2) is 60.8 Å². The Hall–Kier alpha value is -2.79. The summed E-state index contributed by atoms with van der Waals surface area (Å²) in [6.07, 6.45) is 1.92. The quantitative estimate of drug-likeness (QED) is 0.598. The Morgan fingerprint density at radius 2 is 1.86 bits per heavy atom. The predicted molar refractivity (Wildman–Crippen MR) is 87.5 cm³/mol. The average Bonchev–Trinajstić information content (AvgIpc) is 3.06. The Morgan fingerprint density at radius 3 is 2.64 bits per heavy atom. The Labute approximate surface area is 131 Å². The third-order valence-electron chi connectivity index (χ3n) is 3.28. The highest BCUT2D eigenvalue weighted by molar-refractivity contribution is 6.30. The van der Waals surface area contributed by atoms with Crippen molar-refractivity contribution < 1.29 is 0 Å². The van der Waals surface area contributed by atoms with Crippen molar-refractivity contribution in [2.24, 2.45) is 0 Å². The maximum absolute atomic E-state index is 5.97. The van der Waals surface area contributed by atoms with Gasteiger partial charge in [0.2, 0.25) is 5.95 Å². The second-order valence-corrected chi connectivity index (χ2v) is 5.31. The zero-order valence-electron chi connectivity index (χ0n) is 11.5. The normalized spacial score (nSPS) is 11.0. The number of aromatic nitrogens is 4. The van der Waals surface area contributed by atoms with E-state index in [0.29, 0.717) is 16.7 Å². The molecule has 6 heteroatoms. The fraction of sp³-hybridized carbons (Fsp3) is 0. The molecule has 0 saturated carbocycles. The van der Waals surface area contributed by atoms with Gasteiger partial charge in [-0.2, -0.15) is 4.98 Å². The van der Waals surface area contributed by atoms with E-state index in [1.807, 2.05) is 60.8 Å². The maximum atomic E-state index is 5.97. The summed E-state index contributed by atoms with van der Waals surface area (Å²) in [5, 5.41) is 6.98. The number of rotatable bonds is 3. The first-order valence-corrected chi connectivity index (χ1v) is 7.19. The van der Waals surface area contributed by atoms with Crippen LogP contribution in [-0.4, -0.2) is 19.6 Å². The van der Waals surface area contributed by atoms with Crippen LogP contribution in [-0.2, 0) is 0 Å². The van der Waals surface area contributed by atoms with Crippen LogP contribution >= 0.6 is 11.6 Å². The number of aromatic amines is 1. The van der Waals surface area contributed by atoms with Crippen LogP contribution in [0, 0.1) is 0 Å². The third-order valence-corrected chi connectivity index (χ3v) is 3.52. The Bertz CT molecular complexity index is 895. The summed E-state index contributed by atoms with van der Waals surface area (Å²) in [4.78, 5) is 8.94. The van der Waals surface area contributed by atoms with Crippen molar-refractivity contribution in [2.45, 2.75) is 0 Å². The molecule has 108 valence electrons. The lowest BCUT2D eigenvalue weighted by Crippen LogP contribution is -1.93. The molecule has 0 unspecified atom stereocenters. The van der Waals surface area contributed by atoms with Gasteiger partial charge in [0, 0.05) is 16.3 Å². The summed E-state index contributed by atoms with van der Waals surface area (Å²) >= 11 is 5.97. The average molecular weight is 310 g/mol. The SMILES string of the molecule is Clc1cccc(Nc2nc3nc(-c4ccccc4)cn3[nH]2)c1. The van der Waals surface area contributed by atoms with E-state index in [-0.39, 0.29) is 0 Å². The van der Waals surface area contributed by atoms with Crippen LogP contribution in [0.1, 0.15) is 0 Å². The molecule has 0 aliphatic heterocycles. The van der Waals surface area contributed by atoms with Gasteiger partial charge >= 0.3 is 0 Å². The Kier molecular flexibility index (Phi) is 3.05. The molecule has 2 N–H and O–H groups in total. The van der Waals surface area contributed by atoms with E-state index in [2.05, 4.69) is 20.4 Å². The van der Waals surface area contributed by atoms with Gasteiger partial charge in [-0.05, 0) is 18.2 Å². The fourth-order valence-corrected chi connectivity index (χ4v) is 2.47. The minimum Gasteiger partial charge on any atom is -0.324 e. The van der Waals surface area contributed by atoms with E-state index in [0.717, 1.165) is 16.9 Å². The van der Waals surface area contributed by atoms with Crippen molar-refractivity contribution in [3.8, 4) is 11.3 Å². The Balaban J connectivity index is 1.64. The summed E-state index contributed by atoms with van der Waals surface area (Å²) in [5.74, 6) is 1.23. The van der Waals surface area contributed by atoms with Crippen molar-refractivity contribution in [1.29, 1.82) is 0 Å². The zero-order chi connectivity index (χ0) is 14.9. The summed E-state index contributed by atoms with van der Waals surface area (Å²) in [5.41, 5.74) is 2.81. The van der Waals surface area contributed by atoms with Gasteiger partial charge in [-0.1, -0.05) is 48.0 Å². The van der Waals surface area contributed by atoms with E-state index in [1.54, 1.807) is 4.52 Å². The first kappa shape index (κ1) is 12.9. The molecule has 4 aromatic rings.